The molecule has 0 radical (unpaired) electrons. The third kappa shape index (κ3) is 7.67. The third-order valence-electron chi connectivity index (χ3n) is 8.63. The second kappa shape index (κ2) is 14.2. The summed E-state index contributed by atoms with van der Waals surface area (Å²) < 4.78 is 14.0. The molecule has 9 nitrogen and oxygen atoms in total. The smallest absolute Gasteiger partial charge is 0.228 e. The first-order valence-corrected chi connectivity index (χ1v) is 15.5. The number of likely N-dealkylation sites (N-methyl/N-ethyl adjacent to an activating group) is 1. The molecule has 45 heavy (non-hydrogen) atoms. The molecule has 1 aromatic heterocycles. The van der Waals surface area contributed by atoms with Crippen molar-refractivity contribution in [2.75, 3.05) is 39.2 Å². The lowest BCUT2D eigenvalue weighted by atomic mass is 10.0. The summed E-state index contributed by atoms with van der Waals surface area (Å²) in [6.45, 7) is 5.64. The van der Waals surface area contributed by atoms with Crippen LogP contribution in [0.1, 0.15) is 30.5 Å². The van der Waals surface area contributed by atoms with Gasteiger partial charge in [-0.05, 0) is 61.5 Å². The Kier molecular flexibility index (Phi) is 10.1. The molecule has 2 heterocycles. The summed E-state index contributed by atoms with van der Waals surface area (Å²) in [5.41, 5.74) is 4.50. The van der Waals surface area contributed by atoms with Crippen molar-refractivity contribution >= 4 is 28.4 Å². The van der Waals surface area contributed by atoms with E-state index in [1.54, 1.807) is 12.0 Å². The maximum Gasteiger partial charge on any atom is 0.228 e. The lowest BCUT2D eigenvalue weighted by Gasteiger charge is -2.34. The van der Waals surface area contributed by atoms with Crippen LogP contribution in [-0.2, 0) is 36.0 Å². The van der Waals surface area contributed by atoms with Gasteiger partial charge >= 0.3 is 0 Å². The molecule has 9 heteroatoms. The number of nitrogens with one attached hydrogen (secondary N) is 1. The quantitative estimate of drug-likeness (QED) is 0.271. The van der Waals surface area contributed by atoms with Crippen LogP contribution in [0, 0.1) is 5.92 Å². The Hall–Kier alpha value is -4.34. The van der Waals surface area contributed by atoms with Crippen molar-refractivity contribution in [3.05, 3.63) is 89.6 Å². The van der Waals surface area contributed by atoms with Crippen LogP contribution in [0.25, 0.3) is 10.9 Å². The van der Waals surface area contributed by atoms with Crippen LogP contribution in [-0.4, -0.2) is 77.3 Å². The highest BCUT2D eigenvalue weighted by atomic mass is 16.5. The number of aromatic nitrogens is 1. The average Bonchev–Trinajstić information content (AvgIpc) is 3.36. The Balaban J connectivity index is 1.36. The second-order valence-corrected chi connectivity index (χ2v) is 12.3. The highest BCUT2D eigenvalue weighted by molar-refractivity contribution is 5.96. The molecule has 238 valence electrons. The number of para-hydroxylation sites is 1. The van der Waals surface area contributed by atoms with E-state index in [9.17, 15) is 14.7 Å². The van der Waals surface area contributed by atoms with E-state index in [-0.39, 0.29) is 49.3 Å². The molecule has 0 saturated carbocycles. The number of ether oxygens (including phenoxy) is 2. The third-order valence-corrected chi connectivity index (χ3v) is 8.63. The minimum Gasteiger partial charge on any atom is -0.497 e. The van der Waals surface area contributed by atoms with E-state index in [0.717, 1.165) is 34.3 Å². The van der Waals surface area contributed by atoms with Gasteiger partial charge in [-0.25, -0.2) is 0 Å². The summed E-state index contributed by atoms with van der Waals surface area (Å²) in [6.07, 6.45) is 2.10. The van der Waals surface area contributed by atoms with Gasteiger partial charge in [0.15, 0.2) is 0 Å². The van der Waals surface area contributed by atoms with Crippen molar-refractivity contribution in [3.8, 4) is 11.5 Å². The molecule has 0 spiro atoms. The molecule has 0 unspecified atom stereocenters. The predicted octanol–water partition coefficient (Wildman–Crippen LogP) is 4.65. The first-order chi connectivity index (χ1) is 21.6. The van der Waals surface area contributed by atoms with Crippen LogP contribution in [0.5, 0.6) is 11.5 Å². The molecule has 2 N–H and O–H groups in total. The van der Waals surface area contributed by atoms with Gasteiger partial charge in [-0.1, -0.05) is 37.3 Å². The fraction of sp³-hybridized carbons (Fsp3) is 0.389. The van der Waals surface area contributed by atoms with Gasteiger partial charge in [0.1, 0.15) is 17.6 Å². The molecular formula is C36H44N4O5. The molecule has 0 saturated heterocycles. The van der Waals surface area contributed by atoms with Crippen molar-refractivity contribution in [2.24, 2.45) is 13.0 Å². The largest absolute Gasteiger partial charge is 0.497 e. The van der Waals surface area contributed by atoms with Gasteiger partial charge in [0.2, 0.25) is 11.8 Å². The zero-order chi connectivity index (χ0) is 32.1. The molecule has 1 aliphatic heterocycles. The normalized spacial score (nSPS) is 17.7. The minimum atomic E-state index is -0.331. The van der Waals surface area contributed by atoms with E-state index >= 15 is 0 Å². The van der Waals surface area contributed by atoms with Gasteiger partial charge < -0.3 is 29.4 Å². The molecule has 4 aromatic rings. The molecular weight excluding hydrogens is 568 g/mol. The standard InChI is InChI=1S/C36H44N4O5/c1-24-19-40(25(2)23-41)36(43)18-27-16-29(37-35(42)17-28-21-39(4)32-9-7-6-8-31(28)32)12-15-33(27)45-34(24)22-38(3)20-26-10-13-30(44-5)14-11-26/h6-16,21,24-25,34,41H,17-20,22-23H2,1-5H3,(H,37,42)/t24-,25-,34+/m1/s1. The van der Waals surface area contributed by atoms with Gasteiger partial charge in [0.05, 0.1) is 32.6 Å². The fourth-order valence-electron chi connectivity index (χ4n) is 6.08. The van der Waals surface area contributed by atoms with Crippen LogP contribution < -0.4 is 14.8 Å². The molecule has 1 aliphatic rings. The van der Waals surface area contributed by atoms with Gasteiger partial charge in [-0.2, -0.15) is 0 Å². The summed E-state index contributed by atoms with van der Waals surface area (Å²) in [6, 6.07) is 21.2. The van der Waals surface area contributed by atoms with Crippen LogP contribution in [0.3, 0.4) is 0 Å². The Morgan fingerprint density at radius 2 is 1.91 bits per heavy atom. The number of aliphatic hydroxyl groups excluding tert-OH is 1. The summed E-state index contributed by atoms with van der Waals surface area (Å²) in [7, 11) is 5.69. The number of methoxy groups -OCH3 is 1. The van der Waals surface area contributed by atoms with Crippen LogP contribution in [0.15, 0.2) is 72.9 Å². The number of nitrogens with zero attached hydrogens (tertiary/aromatic N) is 3. The number of anilines is 1. The Labute approximate surface area is 265 Å². The zero-order valence-corrected chi connectivity index (χ0v) is 26.8. The molecule has 5 rings (SSSR count). The van der Waals surface area contributed by atoms with Crippen LogP contribution in [0.2, 0.25) is 0 Å². The van der Waals surface area contributed by atoms with E-state index in [1.807, 2.05) is 79.3 Å². The Bertz CT molecular complexity index is 1630. The number of rotatable bonds is 10. The number of aryl methyl sites for hydroxylation is 1. The number of carbonyl (C=O) groups is 2. The van der Waals surface area contributed by atoms with Crippen LogP contribution >= 0.6 is 0 Å². The van der Waals surface area contributed by atoms with Crippen molar-refractivity contribution in [1.29, 1.82) is 0 Å². The van der Waals surface area contributed by atoms with Crippen LogP contribution in [0.4, 0.5) is 5.69 Å². The number of aliphatic hydroxyl groups is 1. The van der Waals surface area contributed by atoms with Crippen molar-refractivity contribution in [1.82, 2.24) is 14.4 Å². The Morgan fingerprint density at radius 1 is 1.16 bits per heavy atom. The Morgan fingerprint density at radius 3 is 2.64 bits per heavy atom. The lowest BCUT2D eigenvalue weighted by molar-refractivity contribution is -0.134. The molecule has 0 fully saturated rings. The minimum absolute atomic E-state index is 0.00714. The second-order valence-electron chi connectivity index (χ2n) is 12.3. The van der Waals surface area contributed by atoms with Crippen molar-refractivity contribution in [3.63, 3.8) is 0 Å². The van der Waals surface area contributed by atoms with Crippen molar-refractivity contribution in [2.45, 2.75) is 45.4 Å². The van der Waals surface area contributed by atoms with Gasteiger partial charge in [-0.15, -0.1) is 0 Å². The molecule has 0 aliphatic carbocycles. The van der Waals surface area contributed by atoms with E-state index < -0.39 is 0 Å². The summed E-state index contributed by atoms with van der Waals surface area (Å²) >= 11 is 0. The van der Waals surface area contributed by atoms with E-state index in [2.05, 4.69) is 36.3 Å². The molecule has 3 atom stereocenters. The first kappa shape index (κ1) is 32.1. The van der Waals surface area contributed by atoms with Crippen molar-refractivity contribution < 1.29 is 24.2 Å². The highest BCUT2D eigenvalue weighted by Crippen LogP contribution is 2.30. The van der Waals surface area contributed by atoms with Gasteiger partial charge in [0.25, 0.3) is 0 Å². The van der Waals surface area contributed by atoms with E-state index in [0.29, 0.717) is 30.1 Å². The number of hydrogen-bond acceptors (Lipinski definition) is 6. The predicted molar refractivity (Wildman–Crippen MR) is 177 cm³/mol. The van der Waals surface area contributed by atoms with E-state index in [1.165, 1.54) is 0 Å². The van der Waals surface area contributed by atoms with Gasteiger partial charge in [-0.3, -0.25) is 14.5 Å². The topological polar surface area (TPSA) is 96.3 Å². The van der Waals surface area contributed by atoms with E-state index in [4.69, 9.17) is 9.47 Å². The average molecular weight is 613 g/mol. The fourth-order valence-corrected chi connectivity index (χ4v) is 6.08. The maximum atomic E-state index is 13.6. The summed E-state index contributed by atoms with van der Waals surface area (Å²) in [5.74, 6) is 1.22. The summed E-state index contributed by atoms with van der Waals surface area (Å²) in [5, 5.41) is 14.1. The zero-order valence-electron chi connectivity index (χ0n) is 26.8. The number of fused-ring (bicyclic) bond motifs is 2. The van der Waals surface area contributed by atoms with Gasteiger partial charge in [0, 0.05) is 61.0 Å². The number of amides is 2. The molecule has 0 bridgehead atoms. The molecule has 3 aromatic carbocycles. The number of hydrogen-bond donors (Lipinski definition) is 2. The number of carbonyl (C=O) groups excluding carboxylic acids is 2. The summed E-state index contributed by atoms with van der Waals surface area (Å²) in [4.78, 5) is 30.7. The maximum absolute atomic E-state index is 13.6. The molecule has 2 amide bonds. The lowest BCUT2D eigenvalue weighted by Crippen LogP contribution is -2.47. The first-order valence-electron chi connectivity index (χ1n) is 15.5. The SMILES string of the molecule is COc1ccc(CN(C)C[C@@H]2Oc3ccc(NC(=O)Cc4cn(C)c5ccccc45)cc3CC(=O)N([C@H](C)CO)C[C@H]2C)cc1. The highest BCUT2D eigenvalue weighted by Gasteiger charge is 2.31. The monoisotopic (exact) mass is 612 g/mol. The number of benzene rings is 3.